The van der Waals surface area contributed by atoms with Gasteiger partial charge in [0.2, 0.25) is 0 Å². The van der Waals surface area contributed by atoms with Gasteiger partial charge in [-0.05, 0) is 24.6 Å². The van der Waals surface area contributed by atoms with E-state index in [-0.39, 0.29) is 11.4 Å². The molecule has 18 heavy (non-hydrogen) atoms. The number of nitrogens with zero attached hydrogens (tertiary/aromatic N) is 3. The van der Waals surface area contributed by atoms with Crippen molar-refractivity contribution in [2.24, 2.45) is 0 Å². The third-order valence-corrected chi connectivity index (χ3v) is 2.40. The monoisotopic (exact) mass is 257 g/mol. The molecule has 2 rings (SSSR count). The number of hydrogen-bond donors (Lipinski definition) is 1. The van der Waals surface area contributed by atoms with Gasteiger partial charge in [-0.3, -0.25) is 0 Å². The van der Waals surface area contributed by atoms with E-state index in [1.165, 1.54) is 12.3 Å². The number of halogens is 3. The highest BCUT2D eigenvalue weighted by Crippen LogP contribution is 2.33. The third-order valence-electron chi connectivity index (χ3n) is 2.40. The molecule has 0 fully saturated rings. The molecule has 0 amide bonds. The van der Waals surface area contributed by atoms with Crippen LogP contribution in [0.5, 0.6) is 0 Å². The Bertz CT molecular complexity index is 563. The first kappa shape index (κ1) is 12.6. The molecule has 0 aliphatic rings. The highest BCUT2D eigenvalue weighted by atomic mass is 19.4. The number of aliphatic hydroxyl groups excluding tert-OH is 1. The molecule has 7 heteroatoms. The van der Waals surface area contributed by atoms with Gasteiger partial charge in [0, 0.05) is 11.8 Å². The minimum atomic E-state index is -4.60. The summed E-state index contributed by atoms with van der Waals surface area (Å²) in [6.45, 7) is 1.02. The molecule has 2 aromatic rings. The van der Waals surface area contributed by atoms with Gasteiger partial charge in [-0.2, -0.15) is 18.3 Å². The standard InChI is InChI=1S/C11H10F3N3O/c1-7-2-3-15-9(4-7)17-10(11(12,13)14)8(6-18)5-16-17/h2-5,18H,6H2,1H3. The molecule has 0 spiro atoms. The summed E-state index contributed by atoms with van der Waals surface area (Å²) in [5.41, 5.74) is -0.497. The lowest BCUT2D eigenvalue weighted by molar-refractivity contribution is -0.143. The number of hydrogen-bond acceptors (Lipinski definition) is 3. The Morgan fingerprint density at radius 1 is 1.39 bits per heavy atom. The average molecular weight is 257 g/mol. The summed E-state index contributed by atoms with van der Waals surface area (Å²) in [6.07, 6.45) is -2.20. The number of aliphatic hydroxyl groups is 1. The van der Waals surface area contributed by atoms with Crippen LogP contribution in [0.3, 0.4) is 0 Å². The SMILES string of the molecule is Cc1ccnc(-n2ncc(CO)c2C(F)(F)F)c1. The highest BCUT2D eigenvalue weighted by molar-refractivity contribution is 5.32. The first-order chi connectivity index (χ1) is 8.43. The summed E-state index contributed by atoms with van der Waals surface area (Å²) >= 11 is 0. The molecule has 0 radical (unpaired) electrons. The van der Waals surface area contributed by atoms with Crippen molar-refractivity contribution in [1.82, 2.24) is 14.8 Å². The molecule has 4 nitrogen and oxygen atoms in total. The van der Waals surface area contributed by atoms with Crippen LogP contribution in [0.25, 0.3) is 5.82 Å². The summed E-state index contributed by atoms with van der Waals surface area (Å²) in [4.78, 5) is 3.85. The lowest BCUT2D eigenvalue weighted by Gasteiger charge is -2.11. The second-order valence-corrected chi connectivity index (χ2v) is 3.78. The maximum absolute atomic E-state index is 12.9. The zero-order valence-electron chi connectivity index (χ0n) is 9.44. The minimum Gasteiger partial charge on any atom is -0.392 e. The van der Waals surface area contributed by atoms with Crippen LogP contribution in [0.1, 0.15) is 16.8 Å². The quantitative estimate of drug-likeness (QED) is 0.896. The number of alkyl halides is 3. The van der Waals surface area contributed by atoms with Crippen LogP contribution in [0.15, 0.2) is 24.5 Å². The molecule has 2 heterocycles. The fourth-order valence-electron chi connectivity index (χ4n) is 1.61. The number of rotatable bonds is 2. The summed E-state index contributed by atoms with van der Waals surface area (Å²) in [7, 11) is 0. The Labute approximate surface area is 101 Å². The molecular formula is C11H10F3N3O. The van der Waals surface area contributed by atoms with Crippen molar-refractivity contribution in [3.63, 3.8) is 0 Å². The molecule has 0 unspecified atom stereocenters. The second-order valence-electron chi connectivity index (χ2n) is 3.78. The van der Waals surface area contributed by atoms with Crippen molar-refractivity contribution >= 4 is 0 Å². The van der Waals surface area contributed by atoms with Gasteiger partial charge in [0.25, 0.3) is 0 Å². The van der Waals surface area contributed by atoms with Crippen LogP contribution in [0.4, 0.5) is 13.2 Å². The second kappa shape index (κ2) is 4.41. The van der Waals surface area contributed by atoms with E-state index in [1.807, 2.05) is 0 Å². The maximum atomic E-state index is 12.9. The average Bonchev–Trinajstić information content (AvgIpc) is 2.72. The van der Waals surface area contributed by atoms with E-state index in [9.17, 15) is 13.2 Å². The van der Waals surface area contributed by atoms with Crippen molar-refractivity contribution in [2.45, 2.75) is 19.7 Å². The smallest absolute Gasteiger partial charge is 0.392 e. The van der Waals surface area contributed by atoms with Crippen molar-refractivity contribution in [2.75, 3.05) is 0 Å². The Morgan fingerprint density at radius 3 is 2.67 bits per heavy atom. The Kier molecular flexibility index (Phi) is 3.08. The van der Waals surface area contributed by atoms with E-state index in [0.717, 1.165) is 11.8 Å². The van der Waals surface area contributed by atoms with Crippen LogP contribution in [0, 0.1) is 6.92 Å². The zero-order chi connectivity index (χ0) is 13.3. The molecule has 0 aliphatic heterocycles. The fourth-order valence-corrected chi connectivity index (χ4v) is 1.61. The van der Waals surface area contributed by atoms with Gasteiger partial charge in [-0.25, -0.2) is 9.67 Å². The van der Waals surface area contributed by atoms with Gasteiger partial charge in [0.15, 0.2) is 11.5 Å². The van der Waals surface area contributed by atoms with Crippen LogP contribution in [0.2, 0.25) is 0 Å². The topological polar surface area (TPSA) is 50.9 Å². The third kappa shape index (κ3) is 2.21. The van der Waals surface area contributed by atoms with E-state index in [0.29, 0.717) is 4.68 Å². The lowest BCUT2D eigenvalue weighted by Crippen LogP contribution is -2.16. The summed E-state index contributed by atoms with van der Waals surface area (Å²) < 4.78 is 39.4. The number of aryl methyl sites for hydroxylation is 1. The summed E-state index contributed by atoms with van der Waals surface area (Å²) in [6, 6.07) is 3.16. The molecular weight excluding hydrogens is 247 g/mol. The van der Waals surface area contributed by atoms with E-state index in [4.69, 9.17) is 5.11 Å². The van der Waals surface area contributed by atoms with Gasteiger partial charge in [0.05, 0.1) is 12.8 Å². The first-order valence-electron chi connectivity index (χ1n) is 5.11. The first-order valence-corrected chi connectivity index (χ1v) is 5.11. The van der Waals surface area contributed by atoms with Gasteiger partial charge < -0.3 is 5.11 Å². The fraction of sp³-hybridized carbons (Fsp3) is 0.273. The van der Waals surface area contributed by atoms with Gasteiger partial charge >= 0.3 is 6.18 Å². The van der Waals surface area contributed by atoms with Crippen molar-refractivity contribution < 1.29 is 18.3 Å². The predicted molar refractivity (Wildman–Crippen MR) is 57.0 cm³/mol. The van der Waals surface area contributed by atoms with Gasteiger partial charge in [-0.15, -0.1) is 0 Å². The van der Waals surface area contributed by atoms with Crippen molar-refractivity contribution in [1.29, 1.82) is 0 Å². The van der Waals surface area contributed by atoms with E-state index in [2.05, 4.69) is 10.1 Å². The molecule has 96 valence electrons. The largest absolute Gasteiger partial charge is 0.433 e. The lowest BCUT2D eigenvalue weighted by atomic mass is 10.2. The Morgan fingerprint density at radius 2 is 2.11 bits per heavy atom. The van der Waals surface area contributed by atoms with Crippen LogP contribution in [-0.2, 0) is 12.8 Å². The molecule has 1 N–H and O–H groups in total. The van der Waals surface area contributed by atoms with E-state index < -0.39 is 18.5 Å². The molecule has 0 bridgehead atoms. The number of pyridine rings is 1. The predicted octanol–water partition coefficient (Wildman–Crippen LogP) is 2.09. The van der Waals surface area contributed by atoms with E-state index in [1.54, 1.807) is 13.0 Å². The van der Waals surface area contributed by atoms with Crippen molar-refractivity contribution in [3.8, 4) is 5.82 Å². The molecule has 0 saturated heterocycles. The van der Waals surface area contributed by atoms with Crippen LogP contribution >= 0.6 is 0 Å². The normalized spacial score (nSPS) is 11.8. The van der Waals surface area contributed by atoms with Gasteiger partial charge in [0.1, 0.15) is 0 Å². The molecule has 0 aliphatic carbocycles. The zero-order valence-corrected chi connectivity index (χ0v) is 9.44. The summed E-state index contributed by atoms with van der Waals surface area (Å²) in [5.74, 6) is 0.0713. The molecule has 0 saturated carbocycles. The van der Waals surface area contributed by atoms with Gasteiger partial charge in [-0.1, -0.05) is 0 Å². The molecule has 2 aromatic heterocycles. The Balaban J connectivity index is 2.62. The van der Waals surface area contributed by atoms with Crippen LogP contribution < -0.4 is 0 Å². The highest BCUT2D eigenvalue weighted by Gasteiger charge is 2.38. The Hall–Kier alpha value is -1.89. The van der Waals surface area contributed by atoms with Crippen LogP contribution in [-0.4, -0.2) is 19.9 Å². The molecule has 0 atom stereocenters. The van der Waals surface area contributed by atoms with E-state index >= 15 is 0 Å². The number of aromatic nitrogens is 3. The molecule has 0 aromatic carbocycles. The van der Waals surface area contributed by atoms with Crippen molar-refractivity contribution in [3.05, 3.63) is 41.3 Å². The minimum absolute atomic E-state index is 0.0713. The maximum Gasteiger partial charge on any atom is 0.433 e. The summed E-state index contributed by atoms with van der Waals surface area (Å²) in [5, 5.41) is 12.6.